The first-order chi connectivity index (χ1) is 10.1. The Hall–Kier alpha value is -1.43. The van der Waals surface area contributed by atoms with Crippen LogP contribution in [0.5, 0.6) is 17.2 Å². The maximum Gasteiger partial charge on any atom is 0.251 e. The molecule has 0 bridgehead atoms. The van der Waals surface area contributed by atoms with Crippen LogP contribution >= 0.6 is 15.9 Å². The zero-order valence-electron chi connectivity index (χ0n) is 12.9. The van der Waals surface area contributed by atoms with Gasteiger partial charge in [0.05, 0.1) is 21.3 Å². The number of carbonyl (C=O) groups is 1. The van der Waals surface area contributed by atoms with E-state index in [-0.39, 0.29) is 10.7 Å². The zero-order valence-corrected chi connectivity index (χ0v) is 14.5. The Balaban J connectivity index is 2.89. The molecule has 0 fully saturated rings. The SMILES string of the molecule is CCCC(Br)CNC(=O)c1cc(OC)c(OC)c(OC)c1. The highest BCUT2D eigenvalue weighted by Gasteiger charge is 2.17. The number of nitrogens with one attached hydrogen (secondary N) is 1. The van der Waals surface area contributed by atoms with Crippen LogP contribution in [0, 0.1) is 0 Å². The molecule has 1 aromatic carbocycles. The molecule has 1 amide bonds. The fourth-order valence-corrected chi connectivity index (χ4v) is 2.55. The van der Waals surface area contributed by atoms with E-state index in [1.165, 1.54) is 21.3 Å². The van der Waals surface area contributed by atoms with Gasteiger partial charge in [0.25, 0.3) is 5.91 Å². The molecule has 0 saturated carbocycles. The lowest BCUT2D eigenvalue weighted by atomic mass is 10.1. The van der Waals surface area contributed by atoms with Gasteiger partial charge in [-0.25, -0.2) is 0 Å². The predicted molar refractivity (Wildman–Crippen MR) is 86.1 cm³/mol. The van der Waals surface area contributed by atoms with E-state index in [0.29, 0.717) is 29.4 Å². The monoisotopic (exact) mass is 359 g/mol. The van der Waals surface area contributed by atoms with Crippen molar-refractivity contribution in [2.45, 2.75) is 24.6 Å². The Morgan fingerprint density at radius 2 is 1.76 bits per heavy atom. The van der Waals surface area contributed by atoms with Crippen molar-refractivity contribution in [2.24, 2.45) is 0 Å². The number of carbonyl (C=O) groups excluding carboxylic acids is 1. The largest absolute Gasteiger partial charge is 0.493 e. The average molecular weight is 360 g/mol. The van der Waals surface area contributed by atoms with Gasteiger partial charge in [-0.05, 0) is 18.6 Å². The van der Waals surface area contributed by atoms with Crippen molar-refractivity contribution < 1.29 is 19.0 Å². The van der Waals surface area contributed by atoms with E-state index >= 15 is 0 Å². The van der Waals surface area contributed by atoms with Gasteiger partial charge in [-0.2, -0.15) is 0 Å². The topological polar surface area (TPSA) is 56.8 Å². The first-order valence-corrected chi connectivity index (χ1v) is 7.71. The van der Waals surface area contributed by atoms with E-state index in [4.69, 9.17) is 14.2 Å². The molecule has 0 aromatic heterocycles. The number of rotatable bonds is 8. The second-order valence-corrected chi connectivity index (χ2v) is 5.80. The van der Waals surface area contributed by atoms with Crippen LogP contribution in [-0.2, 0) is 0 Å². The summed E-state index contributed by atoms with van der Waals surface area (Å²) in [6.45, 7) is 2.68. The highest BCUT2D eigenvalue weighted by molar-refractivity contribution is 9.09. The number of amides is 1. The molecule has 0 radical (unpaired) electrons. The Morgan fingerprint density at radius 3 is 2.19 bits per heavy atom. The van der Waals surface area contributed by atoms with E-state index in [9.17, 15) is 4.79 Å². The molecule has 1 N–H and O–H groups in total. The molecule has 1 unspecified atom stereocenters. The third-order valence-electron chi connectivity index (χ3n) is 3.01. The second kappa shape index (κ2) is 8.77. The fraction of sp³-hybridized carbons (Fsp3) is 0.533. The Morgan fingerprint density at radius 1 is 1.19 bits per heavy atom. The van der Waals surface area contributed by atoms with Gasteiger partial charge in [0, 0.05) is 16.9 Å². The van der Waals surface area contributed by atoms with Gasteiger partial charge in [0.15, 0.2) is 11.5 Å². The minimum atomic E-state index is -0.171. The summed E-state index contributed by atoms with van der Waals surface area (Å²) < 4.78 is 15.7. The molecule has 0 aliphatic rings. The maximum atomic E-state index is 12.2. The van der Waals surface area contributed by atoms with Crippen LogP contribution in [0.3, 0.4) is 0 Å². The molecule has 5 nitrogen and oxygen atoms in total. The van der Waals surface area contributed by atoms with Crippen molar-refractivity contribution >= 4 is 21.8 Å². The van der Waals surface area contributed by atoms with Crippen LogP contribution in [0.1, 0.15) is 30.1 Å². The summed E-state index contributed by atoms with van der Waals surface area (Å²) in [5.41, 5.74) is 0.473. The lowest BCUT2D eigenvalue weighted by Crippen LogP contribution is -2.29. The smallest absolute Gasteiger partial charge is 0.251 e. The van der Waals surface area contributed by atoms with Crippen LogP contribution in [0.25, 0.3) is 0 Å². The van der Waals surface area contributed by atoms with Crippen molar-refractivity contribution in [3.05, 3.63) is 17.7 Å². The van der Waals surface area contributed by atoms with Crippen molar-refractivity contribution in [3.8, 4) is 17.2 Å². The van der Waals surface area contributed by atoms with Crippen molar-refractivity contribution in [1.82, 2.24) is 5.32 Å². The number of hydrogen-bond donors (Lipinski definition) is 1. The summed E-state index contributed by atoms with van der Waals surface area (Å²) in [4.78, 5) is 12.5. The zero-order chi connectivity index (χ0) is 15.8. The molecule has 1 atom stereocenters. The van der Waals surface area contributed by atoms with Crippen LogP contribution in [0.15, 0.2) is 12.1 Å². The average Bonchev–Trinajstić information content (AvgIpc) is 2.51. The van der Waals surface area contributed by atoms with E-state index in [1.807, 2.05) is 0 Å². The molecule has 0 spiro atoms. The van der Waals surface area contributed by atoms with Gasteiger partial charge < -0.3 is 19.5 Å². The summed E-state index contributed by atoms with van der Waals surface area (Å²) >= 11 is 3.53. The molecule has 0 aliphatic heterocycles. The molecule has 21 heavy (non-hydrogen) atoms. The normalized spacial score (nSPS) is 11.7. The molecule has 0 heterocycles. The number of ether oxygens (including phenoxy) is 3. The van der Waals surface area contributed by atoms with Crippen molar-refractivity contribution in [1.29, 1.82) is 0 Å². The van der Waals surface area contributed by atoms with Crippen LogP contribution in [0.4, 0.5) is 0 Å². The fourth-order valence-electron chi connectivity index (χ4n) is 1.93. The summed E-state index contributed by atoms with van der Waals surface area (Å²) in [7, 11) is 4.57. The lowest BCUT2D eigenvalue weighted by Gasteiger charge is -2.15. The third kappa shape index (κ3) is 4.81. The van der Waals surface area contributed by atoms with Gasteiger partial charge in [-0.3, -0.25) is 4.79 Å². The Labute approximate surface area is 134 Å². The summed E-state index contributed by atoms with van der Waals surface area (Å²) in [6.07, 6.45) is 2.07. The number of alkyl halides is 1. The van der Waals surface area contributed by atoms with Gasteiger partial charge in [0.2, 0.25) is 5.75 Å². The van der Waals surface area contributed by atoms with Gasteiger partial charge in [0.1, 0.15) is 0 Å². The van der Waals surface area contributed by atoms with Gasteiger partial charge in [-0.15, -0.1) is 0 Å². The minimum absolute atomic E-state index is 0.171. The third-order valence-corrected chi connectivity index (χ3v) is 3.79. The quantitative estimate of drug-likeness (QED) is 0.724. The minimum Gasteiger partial charge on any atom is -0.493 e. The van der Waals surface area contributed by atoms with E-state index in [1.54, 1.807) is 12.1 Å². The van der Waals surface area contributed by atoms with Crippen LogP contribution in [0.2, 0.25) is 0 Å². The molecule has 6 heteroatoms. The maximum absolute atomic E-state index is 12.2. The van der Waals surface area contributed by atoms with Crippen molar-refractivity contribution in [3.63, 3.8) is 0 Å². The van der Waals surface area contributed by atoms with Gasteiger partial charge in [-0.1, -0.05) is 29.3 Å². The standard InChI is InChI=1S/C15H22BrNO4/c1-5-6-11(16)9-17-15(18)10-7-12(19-2)14(21-4)13(8-10)20-3/h7-8,11H,5-6,9H2,1-4H3,(H,17,18). The molecular weight excluding hydrogens is 338 g/mol. The number of methoxy groups -OCH3 is 3. The number of hydrogen-bond acceptors (Lipinski definition) is 4. The second-order valence-electron chi connectivity index (χ2n) is 4.51. The summed E-state index contributed by atoms with van der Waals surface area (Å²) in [6, 6.07) is 3.28. The Bertz CT molecular complexity index is 454. The molecule has 0 aliphatic carbocycles. The number of benzene rings is 1. The van der Waals surface area contributed by atoms with E-state index in [0.717, 1.165) is 12.8 Å². The van der Waals surface area contributed by atoms with Gasteiger partial charge >= 0.3 is 0 Å². The summed E-state index contributed by atoms with van der Waals surface area (Å²) in [5, 5.41) is 2.89. The van der Waals surface area contributed by atoms with Crippen molar-refractivity contribution in [2.75, 3.05) is 27.9 Å². The molecule has 118 valence electrons. The summed E-state index contributed by atoms with van der Waals surface area (Å²) in [5.74, 6) is 1.23. The van der Waals surface area contributed by atoms with E-state index < -0.39 is 0 Å². The first kappa shape index (κ1) is 17.6. The molecular formula is C15H22BrNO4. The molecule has 1 rings (SSSR count). The Kier molecular flexibility index (Phi) is 7.36. The highest BCUT2D eigenvalue weighted by Crippen LogP contribution is 2.38. The predicted octanol–water partition coefficient (Wildman–Crippen LogP) is 3.01. The van der Waals surface area contributed by atoms with Crippen LogP contribution in [-0.4, -0.2) is 38.6 Å². The molecule has 1 aromatic rings. The van der Waals surface area contributed by atoms with E-state index in [2.05, 4.69) is 28.2 Å². The first-order valence-electron chi connectivity index (χ1n) is 6.79. The highest BCUT2D eigenvalue weighted by atomic mass is 79.9. The number of halogens is 1. The lowest BCUT2D eigenvalue weighted by molar-refractivity contribution is 0.0953. The molecule has 0 saturated heterocycles. The van der Waals surface area contributed by atoms with Crippen LogP contribution < -0.4 is 19.5 Å².